The summed E-state index contributed by atoms with van der Waals surface area (Å²) in [6.07, 6.45) is -6.42. The van der Waals surface area contributed by atoms with E-state index < -0.39 is 100 Å². The number of aromatic hydroxyl groups is 3. The molecule has 2 aliphatic heterocycles. The van der Waals surface area contributed by atoms with E-state index in [0.29, 0.717) is 0 Å². The van der Waals surface area contributed by atoms with Gasteiger partial charge < -0.3 is 59.4 Å². The maximum Gasteiger partial charge on any atom is 0.202 e. The van der Waals surface area contributed by atoms with Crippen LogP contribution in [0.1, 0.15) is 102 Å². The molecule has 2 aliphatic carbocycles. The summed E-state index contributed by atoms with van der Waals surface area (Å²) >= 11 is 0. The molecule has 0 aromatic heterocycles. The number of carbonyl (C=O) groups is 2. The lowest BCUT2D eigenvalue weighted by Gasteiger charge is -2.48. The van der Waals surface area contributed by atoms with E-state index in [0.717, 1.165) is 12.1 Å². The monoisotopic (exact) mass is 700 g/mol. The number of carbonyl (C=O) groups excluding carboxylic acids is 2. The zero-order valence-corrected chi connectivity index (χ0v) is 29.4. The van der Waals surface area contributed by atoms with Gasteiger partial charge in [0.05, 0.1) is 52.8 Å². The number of ether oxygens (including phenoxy) is 4. The molecule has 0 radical (unpaired) electrons. The zero-order chi connectivity index (χ0) is 36.6. The predicted molar refractivity (Wildman–Crippen MR) is 177 cm³/mol. The van der Waals surface area contributed by atoms with E-state index in [9.17, 15) is 40.2 Å². The number of benzene rings is 2. The first-order valence-corrected chi connectivity index (χ1v) is 17.1. The second kappa shape index (κ2) is 13.4. The number of hydrogen-bond acceptors (Lipinski definition) is 14. The fourth-order valence-electron chi connectivity index (χ4n) is 8.00. The van der Waals surface area contributed by atoms with Gasteiger partial charge in [0.2, 0.25) is 5.78 Å². The van der Waals surface area contributed by atoms with Crippen LogP contribution in [0.15, 0.2) is 18.2 Å². The molecule has 0 amide bonds. The summed E-state index contributed by atoms with van der Waals surface area (Å²) in [5, 5.41) is 67.3. The van der Waals surface area contributed by atoms with Crippen LogP contribution in [0, 0.1) is 0 Å². The molecule has 50 heavy (non-hydrogen) atoms. The number of ketones is 2. The van der Waals surface area contributed by atoms with Crippen molar-refractivity contribution in [3.8, 4) is 17.2 Å². The Morgan fingerprint density at radius 2 is 1.32 bits per heavy atom. The Kier molecular flexibility index (Phi) is 9.82. The summed E-state index contributed by atoms with van der Waals surface area (Å²) in [5.41, 5.74) is -2.91. The Balaban J connectivity index is 1.50. The van der Waals surface area contributed by atoms with E-state index in [1.54, 1.807) is 20.8 Å². The molecular weight excluding hydrogens is 652 g/mol. The second-order valence-electron chi connectivity index (χ2n) is 14.5. The molecule has 2 aromatic carbocycles. The van der Waals surface area contributed by atoms with Crippen molar-refractivity contribution in [2.45, 2.75) is 113 Å². The van der Waals surface area contributed by atoms with Crippen LogP contribution in [0.4, 0.5) is 0 Å². The van der Waals surface area contributed by atoms with Gasteiger partial charge >= 0.3 is 0 Å². The molecule has 2 aromatic rings. The minimum Gasteiger partial charge on any atom is -0.507 e. The number of aliphatic hydroxyl groups is 3. The van der Waals surface area contributed by atoms with Crippen LogP contribution in [0.2, 0.25) is 0 Å². The number of fused-ring (bicyclic) bond motifs is 3. The number of rotatable bonds is 7. The topological polar surface area (TPSA) is 199 Å². The Morgan fingerprint density at radius 3 is 1.82 bits per heavy atom. The molecule has 0 spiro atoms. The number of aliphatic hydroxyl groups excluding tert-OH is 2. The average Bonchev–Trinajstić information content (AvgIpc) is 3.05. The number of nitrogens with zero attached hydrogens (tertiary/aromatic N) is 2. The van der Waals surface area contributed by atoms with Crippen LogP contribution in [0.5, 0.6) is 17.2 Å². The van der Waals surface area contributed by atoms with Crippen molar-refractivity contribution in [1.82, 2.24) is 9.80 Å². The van der Waals surface area contributed by atoms with Gasteiger partial charge in [0, 0.05) is 42.5 Å². The lowest BCUT2D eigenvalue weighted by molar-refractivity contribution is -0.289. The normalized spacial score (nSPS) is 35.6. The van der Waals surface area contributed by atoms with Gasteiger partial charge in [-0.1, -0.05) is 6.92 Å². The maximum absolute atomic E-state index is 14.0. The Morgan fingerprint density at radius 1 is 0.820 bits per heavy atom. The van der Waals surface area contributed by atoms with Gasteiger partial charge in [-0.3, -0.25) is 9.59 Å². The highest BCUT2D eigenvalue weighted by molar-refractivity contribution is 6.31. The van der Waals surface area contributed by atoms with E-state index in [1.165, 1.54) is 6.07 Å². The van der Waals surface area contributed by atoms with E-state index in [2.05, 4.69) is 0 Å². The molecular formula is C36H48N2O12. The summed E-state index contributed by atoms with van der Waals surface area (Å²) in [7, 11) is 7.32. The molecule has 2 saturated heterocycles. The maximum atomic E-state index is 14.0. The molecule has 0 bridgehead atoms. The molecule has 2 fully saturated rings. The molecule has 6 N–H and O–H groups in total. The van der Waals surface area contributed by atoms with Crippen molar-refractivity contribution in [3.63, 3.8) is 0 Å². The summed E-state index contributed by atoms with van der Waals surface area (Å²) in [4.78, 5) is 31.7. The fourth-order valence-corrected chi connectivity index (χ4v) is 8.00. The van der Waals surface area contributed by atoms with E-state index in [1.807, 2.05) is 38.0 Å². The lowest BCUT2D eigenvalue weighted by atomic mass is 9.71. The van der Waals surface area contributed by atoms with Crippen LogP contribution in [-0.4, -0.2) is 135 Å². The van der Waals surface area contributed by atoms with E-state index in [-0.39, 0.29) is 54.5 Å². The first-order valence-electron chi connectivity index (χ1n) is 17.1. The van der Waals surface area contributed by atoms with E-state index in [4.69, 9.17) is 18.9 Å². The third-order valence-electron chi connectivity index (χ3n) is 11.0. The lowest BCUT2D eigenvalue weighted by Crippen LogP contribution is -2.55. The summed E-state index contributed by atoms with van der Waals surface area (Å²) < 4.78 is 25.2. The van der Waals surface area contributed by atoms with Crippen molar-refractivity contribution >= 4 is 11.6 Å². The fraction of sp³-hybridized carbons (Fsp3) is 0.611. The third-order valence-corrected chi connectivity index (χ3v) is 11.0. The average molecular weight is 701 g/mol. The van der Waals surface area contributed by atoms with E-state index >= 15 is 0 Å². The quantitative estimate of drug-likeness (QED) is 0.196. The highest BCUT2D eigenvalue weighted by atomic mass is 16.7. The summed E-state index contributed by atoms with van der Waals surface area (Å²) in [6.45, 7) is 5.18. The molecule has 274 valence electrons. The molecule has 0 saturated carbocycles. The largest absolute Gasteiger partial charge is 0.507 e. The van der Waals surface area contributed by atoms with Crippen LogP contribution < -0.4 is 0 Å². The number of phenolic OH excluding ortho intramolecular Hbond substituents is 3. The second-order valence-corrected chi connectivity index (χ2v) is 14.5. The molecule has 14 heteroatoms. The first kappa shape index (κ1) is 36.6. The van der Waals surface area contributed by atoms with Crippen molar-refractivity contribution in [1.29, 1.82) is 0 Å². The van der Waals surface area contributed by atoms with Gasteiger partial charge in [-0.25, -0.2) is 0 Å². The van der Waals surface area contributed by atoms with Gasteiger partial charge in [0.15, 0.2) is 18.4 Å². The van der Waals surface area contributed by atoms with Gasteiger partial charge in [0.1, 0.15) is 23.4 Å². The van der Waals surface area contributed by atoms with Crippen molar-refractivity contribution in [3.05, 3.63) is 51.6 Å². The molecule has 14 nitrogen and oxygen atoms in total. The minimum absolute atomic E-state index is 0.00502. The van der Waals surface area contributed by atoms with Crippen LogP contribution >= 0.6 is 0 Å². The zero-order valence-electron chi connectivity index (χ0n) is 29.4. The Hall–Kier alpha value is -3.18. The van der Waals surface area contributed by atoms with Crippen LogP contribution in [0.25, 0.3) is 0 Å². The molecule has 2 heterocycles. The van der Waals surface area contributed by atoms with Gasteiger partial charge in [-0.2, -0.15) is 0 Å². The van der Waals surface area contributed by atoms with Gasteiger partial charge in [-0.15, -0.1) is 0 Å². The third kappa shape index (κ3) is 5.99. The Bertz CT molecular complexity index is 1660. The Labute approximate surface area is 290 Å². The highest BCUT2D eigenvalue weighted by Gasteiger charge is 2.53. The minimum atomic E-state index is -1.71. The summed E-state index contributed by atoms with van der Waals surface area (Å²) in [5.74, 6) is -3.37. The standard InChI is InChI=1S/C36H48N2O12/c1-8-36(46)14-23(49-24-12-19(37(4)5)30(41)15(2)47-24)17-11-18-26(34(45)29-22(40)10-9-21(39)28(29)32(18)43)33(44)27(17)35(36)50-25-13-20(38(6)7)31(42)16(3)48-25/h9-11,15-16,19-20,23-25,30-31,35,39-42,44,46H,8,12-14H2,1-7H3. The number of likely N-dealkylation sites (N-methyl/N-ethyl adjacent to an activating group) is 2. The molecule has 11 unspecified atom stereocenters. The molecule has 4 aliphatic rings. The molecule has 6 rings (SSSR count). The number of phenols is 3. The van der Waals surface area contributed by atoms with Crippen LogP contribution in [0.3, 0.4) is 0 Å². The molecule has 11 atom stereocenters. The van der Waals surface area contributed by atoms with Gasteiger partial charge in [0.25, 0.3) is 0 Å². The van der Waals surface area contributed by atoms with Gasteiger partial charge in [-0.05, 0) is 72.2 Å². The smallest absolute Gasteiger partial charge is 0.202 e. The first-order chi connectivity index (χ1) is 23.5. The van der Waals surface area contributed by atoms with Crippen molar-refractivity contribution < 1.29 is 59.2 Å². The van der Waals surface area contributed by atoms with Crippen LogP contribution in [-0.2, 0) is 18.9 Å². The summed E-state index contributed by atoms with van der Waals surface area (Å²) in [6, 6.07) is 2.94. The van der Waals surface area contributed by atoms with Crippen molar-refractivity contribution in [2.75, 3.05) is 28.2 Å². The van der Waals surface area contributed by atoms with Crippen molar-refractivity contribution in [2.24, 2.45) is 0 Å². The highest BCUT2D eigenvalue weighted by Crippen LogP contribution is 2.55. The SMILES string of the molecule is CCC1(O)CC(OC2CC(N(C)C)C(O)C(C)O2)c2cc3c(c(O)c2C1OC1CC(N(C)C)C(O)C(C)O1)C(=O)c1c(O)ccc(O)c1C3=O. The number of hydrogen-bond donors (Lipinski definition) is 6. The predicted octanol–water partition coefficient (Wildman–Crippen LogP) is 2.09.